The molecule has 1 aliphatic heterocycles. The number of hydrogen-bond donors (Lipinski definition) is 2. The molecule has 0 spiro atoms. The summed E-state index contributed by atoms with van der Waals surface area (Å²) in [6.07, 6.45) is 1.59. The molecule has 1 saturated heterocycles. The van der Waals surface area contributed by atoms with E-state index in [-0.39, 0.29) is 0 Å². The number of benzene rings is 2. The maximum Gasteiger partial charge on any atom is 0.141 e. The number of nitrogens with two attached hydrogens (primary N) is 1. The third-order valence-corrected chi connectivity index (χ3v) is 5.31. The van der Waals surface area contributed by atoms with Crippen LogP contribution >= 0.6 is 0 Å². The Morgan fingerprint density at radius 3 is 2.57 bits per heavy atom. The van der Waals surface area contributed by atoms with E-state index in [4.69, 9.17) is 10.5 Å². The summed E-state index contributed by atoms with van der Waals surface area (Å²) < 4.78 is 5.29. The monoisotopic (exact) mass is 378 g/mol. The molecular weight excluding hydrogens is 352 g/mol. The minimum absolute atomic E-state index is 0.745. The Balaban J connectivity index is 1.68. The van der Waals surface area contributed by atoms with Crippen LogP contribution in [0.1, 0.15) is 5.56 Å². The molecule has 0 bridgehead atoms. The van der Waals surface area contributed by atoms with Crippen LogP contribution in [-0.4, -0.2) is 55.2 Å². The lowest BCUT2D eigenvalue weighted by Gasteiger charge is -2.34. The first-order valence-electron chi connectivity index (χ1n) is 9.44. The quantitative estimate of drug-likeness (QED) is 0.676. The largest absolute Gasteiger partial charge is 0.497 e. The van der Waals surface area contributed by atoms with Gasteiger partial charge in [-0.05, 0) is 49.9 Å². The van der Waals surface area contributed by atoms with E-state index in [1.807, 2.05) is 31.2 Å². The van der Waals surface area contributed by atoms with Crippen LogP contribution in [0, 0.1) is 6.92 Å². The van der Waals surface area contributed by atoms with Crippen LogP contribution in [0.2, 0.25) is 0 Å². The van der Waals surface area contributed by atoms with Crippen molar-refractivity contribution in [3.05, 3.63) is 42.2 Å². The minimum atomic E-state index is 0.745. The number of rotatable bonds is 4. The van der Waals surface area contributed by atoms with Crippen LogP contribution < -0.4 is 20.7 Å². The van der Waals surface area contributed by atoms with Crippen molar-refractivity contribution in [2.75, 3.05) is 56.3 Å². The van der Waals surface area contributed by atoms with Crippen molar-refractivity contribution < 1.29 is 4.74 Å². The highest BCUT2D eigenvalue weighted by atomic mass is 16.5. The zero-order chi connectivity index (χ0) is 19.7. The summed E-state index contributed by atoms with van der Waals surface area (Å²) >= 11 is 0. The predicted octanol–water partition coefficient (Wildman–Crippen LogP) is 3.02. The molecule has 1 fully saturated rings. The lowest BCUT2D eigenvalue weighted by Crippen LogP contribution is -2.44. The van der Waals surface area contributed by atoms with Gasteiger partial charge in [0.25, 0.3) is 0 Å². The van der Waals surface area contributed by atoms with Gasteiger partial charge in [-0.25, -0.2) is 9.97 Å². The van der Waals surface area contributed by atoms with Crippen LogP contribution in [0.15, 0.2) is 36.7 Å². The second-order valence-electron chi connectivity index (χ2n) is 7.25. The summed E-state index contributed by atoms with van der Waals surface area (Å²) in [5, 5.41) is 4.33. The maximum absolute atomic E-state index is 6.43. The molecule has 0 amide bonds. The number of methoxy groups -OCH3 is 1. The number of hydrogen-bond acceptors (Lipinski definition) is 7. The van der Waals surface area contributed by atoms with E-state index in [1.165, 1.54) is 0 Å². The molecule has 0 aliphatic carbocycles. The fourth-order valence-corrected chi connectivity index (χ4v) is 3.56. The van der Waals surface area contributed by atoms with E-state index in [0.29, 0.717) is 0 Å². The van der Waals surface area contributed by atoms with Crippen LogP contribution in [0.25, 0.3) is 10.9 Å². The Labute approximate surface area is 165 Å². The molecule has 1 aliphatic rings. The van der Waals surface area contributed by atoms with Crippen molar-refractivity contribution in [1.29, 1.82) is 0 Å². The molecule has 3 N–H and O–H groups in total. The summed E-state index contributed by atoms with van der Waals surface area (Å²) in [7, 11) is 3.81. The van der Waals surface area contributed by atoms with Gasteiger partial charge in [-0.3, -0.25) is 0 Å². The smallest absolute Gasteiger partial charge is 0.141 e. The molecule has 0 saturated carbocycles. The minimum Gasteiger partial charge on any atom is -0.497 e. The van der Waals surface area contributed by atoms with Crippen LogP contribution in [0.5, 0.6) is 5.75 Å². The van der Waals surface area contributed by atoms with Crippen molar-refractivity contribution in [3.63, 3.8) is 0 Å². The van der Waals surface area contributed by atoms with Crippen LogP contribution in [-0.2, 0) is 0 Å². The number of likely N-dealkylation sites (N-methyl/N-ethyl adjacent to an activating group) is 1. The predicted molar refractivity (Wildman–Crippen MR) is 115 cm³/mol. The van der Waals surface area contributed by atoms with E-state index in [0.717, 1.165) is 71.3 Å². The highest BCUT2D eigenvalue weighted by Crippen LogP contribution is 2.33. The topological polar surface area (TPSA) is 79.5 Å². The molecule has 1 aromatic heterocycles. The van der Waals surface area contributed by atoms with E-state index in [9.17, 15) is 0 Å². The summed E-state index contributed by atoms with van der Waals surface area (Å²) in [6, 6.07) is 9.96. The maximum atomic E-state index is 6.43. The number of nitrogens with one attached hydrogen (secondary N) is 1. The number of fused-ring (bicyclic) bond motifs is 1. The van der Waals surface area contributed by atoms with Crippen molar-refractivity contribution in [3.8, 4) is 5.75 Å². The number of aryl methyl sites for hydroxylation is 1. The number of nitrogen functional groups attached to an aromatic ring is 1. The second-order valence-corrected chi connectivity index (χ2v) is 7.25. The van der Waals surface area contributed by atoms with Crippen molar-refractivity contribution >= 4 is 33.8 Å². The van der Waals surface area contributed by atoms with Gasteiger partial charge in [0.05, 0.1) is 24.0 Å². The lowest BCUT2D eigenvalue weighted by molar-refractivity contribution is 0.313. The van der Waals surface area contributed by atoms with Crippen LogP contribution in [0.4, 0.5) is 22.9 Å². The van der Waals surface area contributed by atoms with Gasteiger partial charge in [-0.15, -0.1) is 0 Å². The highest BCUT2D eigenvalue weighted by molar-refractivity contribution is 5.97. The molecule has 7 heteroatoms. The molecule has 7 nitrogen and oxygen atoms in total. The average molecular weight is 378 g/mol. The van der Waals surface area contributed by atoms with Crippen molar-refractivity contribution in [2.24, 2.45) is 0 Å². The Morgan fingerprint density at radius 2 is 1.86 bits per heavy atom. The van der Waals surface area contributed by atoms with E-state index in [1.54, 1.807) is 13.4 Å². The molecule has 4 rings (SSSR count). The lowest BCUT2D eigenvalue weighted by atomic mass is 10.1. The summed E-state index contributed by atoms with van der Waals surface area (Å²) in [6.45, 7) is 6.03. The van der Waals surface area contributed by atoms with Gasteiger partial charge in [-0.2, -0.15) is 0 Å². The molecule has 3 aromatic rings. The van der Waals surface area contributed by atoms with Crippen LogP contribution in [0.3, 0.4) is 0 Å². The molecule has 0 unspecified atom stereocenters. The van der Waals surface area contributed by atoms with E-state index >= 15 is 0 Å². The highest BCUT2D eigenvalue weighted by Gasteiger charge is 2.18. The van der Waals surface area contributed by atoms with Gasteiger partial charge in [0.1, 0.15) is 17.9 Å². The van der Waals surface area contributed by atoms with E-state index in [2.05, 4.69) is 38.2 Å². The third-order valence-electron chi connectivity index (χ3n) is 5.31. The SMILES string of the molecule is COc1ccc(Nc2ncnc3cc(N4CCN(C)CC4)c(N)cc23)c(C)c1. The summed E-state index contributed by atoms with van der Waals surface area (Å²) in [5.74, 6) is 1.58. The Bertz CT molecular complexity index is 998. The zero-order valence-corrected chi connectivity index (χ0v) is 16.6. The van der Waals surface area contributed by atoms with Crippen molar-refractivity contribution in [2.45, 2.75) is 6.92 Å². The third kappa shape index (κ3) is 3.53. The molecule has 28 heavy (non-hydrogen) atoms. The average Bonchev–Trinajstić information content (AvgIpc) is 2.70. The summed E-state index contributed by atoms with van der Waals surface area (Å²) in [4.78, 5) is 13.6. The Morgan fingerprint density at radius 1 is 1.07 bits per heavy atom. The first kappa shape index (κ1) is 18.3. The molecule has 0 atom stereocenters. The molecule has 2 aromatic carbocycles. The number of ether oxygens (including phenoxy) is 1. The van der Waals surface area contributed by atoms with Gasteiger partial charge in [0.15, 0.2) is 0 Å². The van der Waals surface area contributed by atoms with Gasteiger partial charge < -0.3 is 25.6 Å². The number of aromatic nitrogens is 2. The van der Waals surface area contributed by atoms with Crippen molar-refractivity contribution in [1.82, 2.24) is 14.9 Å². The molecular formula is C21H26N6O. The molecule has 0 radical (unpaired) electrons. The van der Waals surface area contributed by atoms with E-state index < -0.39 is 0 Å². The second kappa shape index (κ2) is 7.52. The molecule has 2 heterocycles. The Hall–Kier alpha value is -3.06. The Kier molecular flexibility index (Phi) is 4.92. The number of piperazine rings is 1. The first-order chi connectivity index (χ1) is 13.5. The summed E-state index contributed by atoms with van der Waals surface area (Å²) in [5.41, 5.74) is 11.2. The van der Waals surface area contributed by atoms with Gasteiger partial charge >= 0.3 is 0 Å². The van der Waals surface area contributed by atoms with Gasteiger partial charge in [0.2, 0.25) is 0 Å². The number of anilines is 4. The zero-order valence-electron chi connectivity index (χ0n) is 16.6. The fraction of sp³-hybridized carbons (Fsp3) is 0.333. The van der Waals surface area contributed by atoms with Gasteiger partial charge in [0, 0.05) is 37.3 Å². The number of nitrogens with zero attached hydrogens (tertiary/aromatic N) is 4. The molecule has 146 valence electrons. The van der Waals surface area contributed by atoms with Gasteiger partial charge in [-0.1, -0.05) is 0 Å². The normalized spacial score (nSPS) is 15.0. The first-order valence-corrected chi connectivity index (χ1v) is 9.44. The standard InChI is InChI=1S/C21H26N6O/c1-14-10-15(28-3)4-5-18(14)25-21-16-11-17(22)20(12-19(16)23-13-24-21)27-8-6-26(2)7-9-27/h4-5,10-13H,6-9,22H2,1-3H3,(H,23,24,25). The fourth-order valence-electron chi connectivity index (χ4n) is 3.56.